The summed E-state index contributed by atoms with van der Waals surface area (Å²) in [4.78, 5) is 27.6. The molecule has 0 spiro atoms. The van der Waals surface area contributed by atoms with Crippen LogP contribution in [0.5, 0.6) is 0 Å². The average Bonchev–Trinajstić information content (AvgIpc) is 2.61. The third-order valence-corrected chi connectivity index (χ3v) is 5.89. The maximum Gasteiger partial charge on any atom is 0.259 e. The minimum absolute atomic E-state index is 0.0766. The van der Waals surface area contributed by atoms with E-state index in [1.165, 1.54) is 17.0 Å². The Morgan fingerprint density at radius 3 is 2.39 bits per heavy atom. The van der Waals surface area contributed by atoms with Gasteiger partial charge in [0.2, 0.25) is 5.91 Å². The van der Waals surface area contributed by atoms with Gasteiger partial charge < -0.3 is 5.32 Å². The van der Waals surface area contributed by atoms with E-state index in [1.807, 2.05) is 13.8 Å². The van der Waals surface area contributed by atoms with Gasteiger partial charge in [0.1, 0.15) is 6.04 Å². The number of fused-ring (bicyclic) bond motifs is 1. The van der Waals surface area contributed by atoms with Crippen LogP contribution in [-0.4, -0.2) is 32.5 Å². The first-order chi connectivity index (χ1) is 13.1. The molecular weight excluding hydrogens is 400 g/mol. The Labute approximate surface area is 169 Å². The van der Waals surface area contributed by atoms with Gasteiger partial charge in [0.25, 0.3) is 5.91 Å². The van der Waals surface area contributed by atoms with E-state index in [9.17, 15) is 18.0 Å². The molecule has 1 unspecified atom stereocenters. The van der Waals surface area contributed by atoms with E-state index in [2.05, 4.69) is 5.32 Å². The molecule has 8 heteroatoms. The summed E-state index contributed by atoms with van der Waals surface area (Å²) in [6.45, 7) is 3.95. The lowest BCUT2D eigenvalue weighted by molar-refractivity contribution is -0.117. The van der Waals surface area contributed by atoms with Crippen LogP contribution in [0.15, 0.2) is 47.4 Å². The highest BCUT2D eigenvalue weighted by Crippen LogP contribution is 2.36. The molecule has 28 heavy (non-hydrogen) atoms. The zero-order valence-electron chi connectivity index (χ0n) is 15.8. The molecule has 1 N–H and O–H groups in total. The van der Waals surface area contributed by atoms with Crippen molar-refractivity contribution in [2.45, 2.75) is 31.2 Å². The maximum atomic E-state index is 13.3. The van der Waals surface area contributed by atoms with Gasteiger partial charge in [-0.15, -0.1) is 0 Å². The SMILES string of the molecule is CC(C)CC1C(=O)Nc2cc(S(C)(=O)=O)ccc2N1C(=O)c1ccc(Cl)cc1. The highest BCUT2D eigenvalue weighted by molar-refractivity contribution is 7.90. The zero-order valence-corrected chi connectivity index (χ0v) is 17.3. The Bertz CT molecular complexity index is 1030. The quantitative estimate of drug-likeness (QED) is 0.816. The maximum absolute atomic E-state index is 13.3. The molecule has 0 saturated carbocycles. The fourth-order valence-corrected chi connectivity index (χ4v) is 3.97. The molecule has 0 bridgehead atoms. The van der Waals surface area contributed by atoms with Crippen LogP contribution in [0.4, 0.5) is 11.4 Å². The summed E-state index contributed by atoms with van der Waals surface area (Å²) in [6, 6.07) is 10.1. The van der Waals surface area contributed by atoms with Crippen LogP contribution < -0.4 is 10.2 Å². The number of benzene rings is 2. The van der Waals surface area contributed by atoms with E-state index >= 15 is 0 Å². The van der Waals surface area contributed by atoms with E-state index in [-0.39, 0.29) is 22.6 Å². The number of sulfone groups is 1. The van der Waals surface area contributed by atoms with Crippen LogP contribution in [0.1, 0.15) is 30.6 Å². The number of carbonyl (C=O) groups excluding carboxylic acids is 2. The molecule has 148 valence electrons. The number of rotatable bonds is 4. The molecule has 2 aromatic carbocycles. The van der Waals surface area contributed by atoms with Gasteiger partial charge >= 0.3 is 0 Å². The summed E-state index contributed by atoms with van der Waals surface area (Å²) in [5.41, 5.74) is 1.17. The summed E-state index contributed by atoms with van der Waals surface area (Å²) in [5, 5.41) is 3.26. The van der Waals surface area contributed by atoms with E-state index < -0.39 is 15.9 Å². The van der Waals surface area contributed by atoms with E-state index in [4.69, 9.17) is 11.6 Å². The van der Waals surface area contributed by atoms with Crippen LogP contribution in [0.2, 0.25) is 5.02 Å². The zero-order chi connectivity index (χ0) is 20.6. The lowest BCUT2D eigenvalue weighted by atomic mass is 9.97. The Balaban J connectivity index is 2.13. The van der Waals surface area contributed by atoms with Gasteiger partial charge in [-0.05, 0) is 54.8 Å². The second-order valence-electron chi connectivity index (χ2n) is 7.27. The molecule has 0 aromatic heterocycles. The first-order valence-corrected chi connectivity index (χ1v) is 11.1. The van der Waals surface area contributed by atoms with Crippen molar-refractivity contribution in [1.82, 2.24) is 0 Å². The van der Waals surface area contributed by atoms with Crippen LogP contribution in [0.3, 0.4) is 0 Å². The third kappa shape index (κ3) is 4.05. The summed E-state index contributed by atoms with van der Waals surface area (Å²) in [5.74, 6) is -0.507. The van der Waals surface area contributed by atoms with Crippen LogP contribution >= 0.6 is 11.6 Å². The molecule has 1 heterocycles. The van der Waals surface area contributed by atoms with E-state index in [0.717, 1.165) is 6.26 Å². The number of amides is 2. The van der Waals surface area contributed by atoms with Crippen molar-refractivity contribution in [3.8, 4) is 0 Å². The second kappa shape index (κ2) is 7.56. The second-order valence-corrected chi connectivity index (χ2v) is 9.72. The van der Waals surface area contributed by atoms with Gasteiger partial charge in [-0.2, -0.15) is 0 Å². The number of carbonyl (C=O) groups is 2. The predicted octanol–water partition coefficient (Wildman–Crippen LogP) is 3.76. The smallest absolute Gasteiger partial charge is 0.259 e. The highest BCUT2D eigenvalue weighted by atomic mass is 35.5. The van der Waals surface area contributed by atoms with Gasteiger partial charge in [0, 0.05) is 16.8 Å². The van der Waals surface area contributed by atoms with Crippen molar-refractivity contribution < 1.29 is 18.0 Å². The van der Waals surface area contributed by atoms with E-state index in [0.29, 0.717) is 28.4 Å². The Morgan fingerprint density at radius 1 is 1.18 bits per heavy atom. The molecule has 0 aliphatic carbocycles. The summed E-state index contributed by atoms with van der Waals surface area (Å²) >= 11 is 5.92. The average molecular weight is 421 g/mol. The van der Waals surface area contributed by atoms with Crippen LogP contribution in [-0.2, 0) is 14.6 Å². The number of nitrogens with one attached hydrogen (secondary N) is 1. The summed E-state index contributed by atoms with van der Waals surface area (Å²) < 4.78 is 23.7. The van der Waals surface area contributed by atoms with Crippen LogP contribution in [0, 0.1) is 5.92 Å². The fourth-order valence-electron chi connectivity index (χ4n) is 3.20. The molecule has 2 aromatic rings. The topological polar surface area (TPSA) is 83.6 Å². The fraction of sp³-hybridized carbons (Fsp3) is 0.300. The van der Waals surface area contributed by atoms with Crippen molar-refractivity contribution in [2.24, 2.45) is 5.92 Å². The molecule has 0 radical (unpaired) electrons. The first-order valence-electron chi connectivity index (χ1n) is 8.82. The third-order valence-electron chi connectivity index (χ3n) is 4.53. The van der Waals surface area contributed by atoms with Crippen molar-refractivity contribution in [3.05, 3.63) is 53.1 Å². The van der Waals surface area contributed by atoms with Gasteiger partial charge in [0.15, 0.2) is 9.84 Å². The lowest BCUT2D eigenvalue weighted by Gasteiger charge is -2.37. The molecule has 0 saturated heterocycles. The summed E-state index contributed by atoms with van der Waals surface area (Å²) in [6.07, 6.45) is 1.57. The van der Waals surface area contributed by atoms with Gasteiger partial charge in [-0.25, -0.2) is 8.42 Å². The normalized spacial score (nSPS) is 16.7. The lowest BCUT2D eigenvalue weighted by Crippen LogP contribution is -2.51. The van der Waals surface area contributed by atoms with E-state index in [1.54, 1.807) is 30.3 Å². The molecule has 1 aliphatic rings. The molecule has 3 rings (SSSR count). The largest absolute Gasteiger partial charge is 0.322 e. The number of halogens is 1. The summed E-state index contributed by atoms with van der Waals surface area (Å²) in [7, 11) is -3.45. The molecule has 1 aliphatic heterocycles. The molecular formula is C20H21ClN2O4S. The Morgan fingerprint density at radius 2 is 1.82 bits per heavy atom. The number of nitrogens with zero attached hydrogens (tertiary/aromatic N) is 1. The van der Waals surface area contributed by atoms with Crippen molar-refractivity contribution in [1.29, 1.82) is 0 Å². The van der Waals surface area contributed by atoms with Gasteiger partial charge in [-0.3, -0.25) is 14.5 Å². The number of hydrogen-bond acceptors (Lipinski definition) is 4. The standard InChI is InChI=1S/C20H21ClN2O4S/c1-12(2)10-18-19(24)22-16-11-15(28(3,26)27)8-9-17(16)23(18)20(25)13-4-6-14(21)7-5-13/h4-9,11-12,18H,10H2,1-3H3,(H,22,24). The highest BCUT2D eigenvalue weighted by Gasteiger charge is 2.38. The van der Waals surface area contributed by atoms with Gasteiger partial charge in [-0.1, -0.05) is 25.4 Å². The Kier molecular flexibility index (Phi) is 5.50. The van der Waals surface area contributed by atoms with Crippen LogP contribution in [0.25, 0.3) is 0 Å². The molecule has 6 nitrogen and oxygen atoms in total. The minimum Gasteiger partial charge on any atom is -0.322 e. The minimum atomic E-state index is -3.45. The van der Waals surface area contributed by atoms with Crippen molar-refractivity contribution in [3.63, 3.8) is 0 Å². The molecule has 2 amide bonds. The first kappa shape index (κ1) is 20.4. The van der Waals surface area contributed by atoms with Crippen molar-refractivity contribution in [2.75, 3.05) is 16.5 Å². The number of hydrogen-bond donors (Lipinski definition) is 1. The van der Waals surface area contributed by atoms with Crippen molar-refractivity contribution >= 4 is 44.6 Å². The Hall–Kier alpha value is -2.38. The predicted molar refractivity (Wildman–Crippen MR) is 110 cm³/mol. The monoisotopic (exact) mass is 420 g/mol. The van der Waals surface area contributed by atoms with Gasteiger partial charge in [0.05, 0.1) is 16.3 Å². The molecule has 0 fully saturated rings. The molecule has 1 atom stereocenters. The number of anilines is 2.